The Hall–Kier alpha value is -2.39. The van der Waals surface area contributed by atoms with Crippen LogP contribution in [0, 0.1) is 0 Å². The van der Waals surface area contributed by atoms with Crippen molar-refractivity contribution in [3.63, 3.8) is 0 Å². The zero-order chi connectivity index (χ0) is 14.7. The third-order valence-electron chi connectivity index (χ3n) is 3.93. The van der Waals surface area contributed by atoms with E-state index in [2.05, 4.69) is 18.2 Å². The maximum absolute atomic E-state index is 10.7. The fourth-order valence-electron chi connectivity index (χ4n) is 2.94. The first-order chi connectivity index (χ1) is 10.3. The largest absolute Gasteiger partial charge is 0.428 e. The molecule has 0 amide bonds. The quantitative estimate of drug-likeness (QED) is 0.875. The number of ether oxygens (including phenoxy) is 1. The lowest BCUT2D eigenvalue weighted by atomic mass is 9.81. The summed E-state index contributed by atoms with van der Waals surface area (Å²) in [6, 6.07) is 16.1. The number of hydrogen-bond donors (Lipinski definition) is 1. The zero-order valence-corrected chi connectivity index (χ0v) is 11.7. The number of rotatable bonds is 4. The molecule has 3 nitrogen and oxygen atoms in total. The second-order valence-electron chi connectivity index (χ2n) is 5.11. The molecule has 1 aliphatic rings. The minimum atomic E-state index is 0.258. The molecule has 0 heterocycles. The molecule has 0 aromatic heterocycles. The van der Waals surface area contributed by atoms with E-state index >= 15 is 0 Å². The highest BCUT2D eigenvalue weighted by molar-refractivity contribution is 5.75. The summed E-state index contributed by atoms with van der Waals surface area (Å²) in [6.07, 6.45) is 3.04. The van der Waals surface area contributed by atoms with Gasteiger partial charge in [0.1, 0.15) is 5.75 Å². The van der Waals surface area contributed by atoms with Crippen LogP contribution in [-0.4, -0.2) is 13.0 Å². The molecule has 0 radical (unpaired) electrons. The third-order valence-corrected chi connectivity index (χ3v) is 3.93. The highest BCUT2D eigenvalue weighted by Crippen LogP contribution is 2.38. The van der Waals surface area contributed by atoms with E-state index in [-0.39, 0.29) is 5.92 Å². The number of carbonyl (C=O) groups excluding carboxylic acids is 1. The van der Waals surface area contributed by atoms with Crippen molar-refractivity contribution in [2.75, 3.05) is 6.54 Å². The second-order valence-corrected chi connectivity index (χ2v) is 5.11. The van der Waals surface area contributed by atoms with E-state index in [0.29, 0.717) is 18.8 Å². The summed E-state index contributed by atoms with van der Waals surface area (Å²) >= 11 is 0. The van der Waals surface area contributed by atoms with E-state index in [4.69, 9.17) is 10.5 Å². The summed E-state index contributed by atoms with van der Waals surface area (Å²) in [5.41, 5.74) is 10.4. The summed E-state index contributed by atoms with van der Waals surface area (Å²) in [5, 5.41) is 0. The molecule has 2 aromatic rings. The molecular weight excluding hydrogens is 262 g/mol. The topological polar surface area (TPSA) is 52.3 Å². The Morgan fingerprint density at radius 3 is 2.67 bits per heavy atom. The first-order valence-electron chi connectivity index (χ1n) is 7.01. The molecule has 0 bridgehead atoms. The Morgan fingerprint density at radius 1 is 1.14 bits per heavy atom. The minimum absolute atomic E-state index is 0.258. The first-order valence-corrected chi connectivity index (χ1v) is 7.01. The van der Waals surface area contributed by atoms with Gasteiger partial charge in [0, 0.05) is 18.0 Å². The summed E-state index contributed by atoms with van der Waals surface area (Å²) < 4.78 is 5.13. The first kappa shape index (κ1) is 13.6. The average Bonchev–Trinajstić information content (AvgIpc) is 2.55. The third kappa shape index (κ3) is 2.60. The van der Waals surface area contributed by atoms with Crippen LogP contribution >= 0.6 is 0 Å². The van der Waals surface area contributed by atoms with Crippen LogP contribution in [-0.2, 0) is 11.2 Å². The lowest BCUT2D eigenvalue weighted by Gasteiger charge is -2.25. The van der Waals surface area contributed by atoms with Crippen LogP contribution in [0.25, 0.3) is 5.57 Å². The summed E-state index contributed by atoms with van der Waals surface area (Å²) in [7, 11) is 0. The van der Waals surface area contributed by atoms with Gasteiger partial charge in [0.2, 0.25) is 0 Å². The van der Waals surface area contributed by atoms with E-state index in [9.17, 15) is 4.79 Å². The summed E-state index contributed by atoms with van der Waals surface area (Å²) in [4.78, 5) is 10.7. The molecule has 106 valence electrons. The molecule has 0 spiro atoms. The number of carbonyl (C=O) groups is 1. The van der Waals surface area contributed by atoms with E-state index in [1.54, 1.807) is 0 Å². The second kappa shape index (κ2) is 5.94. The molecule has 0 saturated heterocycles. The Balaban J connectivity index is 2.07. The highest BCUT2D eigenvalue weighted by atomic mass is 16.5. The molecule has 1 atom stereocenters. The van der Waals surface area contributed by atoms with Crippen LogP contribution in [0.1, 0.15) is 22.6 Å². The Bertz CT molecular complexity index is 677. The normalized spacial score (nSPS) is 16.8. The van der Waals surface area contributed by atoms with Crippen LogP contribution in [0.4, 0.5) is 0 Å². The number of nitrogens with two attached hydrogens (primary N) is 1. The Morgan fingerprint density at radius 2 is 1.95 bits per heavy atom. The predicted molar refractivity (Wildman–Crippen MR) is 83.1 cm³/mol. The Labute approximate surface area is 124 Å². The molecule has 0 aliphatic heterocycles. The van der Waals surface area contributed by atoms with Crippen molar-refractivity contribution in [3.05, 3.63) is 71.3 Å². The van der Waals surface area contributed by atoms with Crippen molar-refractivity contribution in [1.29, 1.82) is 0 Å². The van der Waals surface area contributed by atoms with Crippen molar-refractivity contribution in [1.82, 2.24) is 0 Å². The fraction of sp³-hybridized carbons (Fsp3) is 0.167. The van der Waals surface area contributed by atoms with E-state index in [0.717, 1.165) is 23.1 Å². The molecule has 3 rings (SSSR count). The van der Waals surface area contributed by atoms with Gasteiger partial charge >= 0.3 is 0 Å². The predicted octanol–water partition coefficient (Wildman–Crippen LogP) is 2.90. The van der Waals surface area contributed by atoms with Gasteiger partial charge in [-0.05, 0) is 29.2 Å². The molecule has 3 heteroatoms. The van der Waals surface area contributed by atoms with Gasteiger partial charge in [-0.15, -0.1) is 0 Å². The van der Waals surface area contributed by atoms with E-state index < -0.39 is 0 Å². The van der Waals surface area contributed by atoms with Crippen molar-refractivity contribution in [2.24, 2.45) is 5.73 Å². The van der Waals surface area contributed by atoms with E-state index in [1.807, 2.05) is 36.4 Å². The van der Waals surface area contributed by atoms with Crippen molar-refractivity contribution >= 4 is 12.0 Å². The monoisotopic (exact) mass is 279 g/mol. The van der Waals surface area contributed by atoms with Crippen molar-refractivity contribution in [3.8, 4) is 5.75 Å². The molecule has 1 unspecified atom stereocenters. The SMILES string of the molecule is NCC1=CC(c2ccccc2)Cc2c(OC=O)cccc21. The summed E-state index contributed by atoms with van der Waals surface area (Å²) in [5.74, 6) is 0.885. The van der Waals surface area contributed by atoms with Gasteiger partial charge in [-0.1, -0.05) is 48.5 Å². The maximum Gasteiger partial charge on any atom is 0.298 e. The number of allylic oxidation sites excluding steroid dienone is 1. The molecule has 2 N–H and O–H groups in total. The smallest absolute Gasteiger partial charge is 0.298 e. The number of benzene rings is 2. The van der Waals surface area contributed by atoms with Gasteiger partial charge in [-0.3, -0.25) is 4.79 Å². The highest BCUT2D eigenvalue weighted by Gasteiger charge is 2.23. The van der Waals surface area contributed by atoms with Crippen LogP contribution in [0.5, 0.6) is 5.75 Å². The van der Waals surface area contributed by atoms with Crippen LogP contribution < -0.4 is 10.5 Å². The van der Waals surface area contributed by atoms with Crippen molar-refractivity contribution < 1.29 is 9.53 Å². The van der Waals surface area contributed by atoms with Crippen molar-refractivity contribution in [2.45, 2.75) is 12.3 Å². The molecule has 21 heavy (non-hydrogen) atoms. The Kier molecular flexibility index (Phi) is 3.84. The average molecular weight is 279 g/mol. The lowest BCUT2D eigenvalue weighted by molar-refractivity contribution is -0.120. The van der Waals surface area contributed by atoms with Crippen LogP contribution in [0.3, 0.4) is 0 Å². The minimum Gasteiger partial charge on any atom is -0.428 e. The standard InChI is InChI=1S/C18H17NO2/c19-11-15-9-14(13-5-2-1-3-6-13)10-17-16(15)7-4-8-18(17)21-12-20/h1-9,12,14H,10-11,19H2. The van der Waals surface area contributed by atoms with Crippen LogP contribution in [0.15, 0.2) is 54.6 Å². The maximum atomic E-state index is 10.7. The van der Waals surface area contributed by atoms with Gasteiger partial charge < -0.3 is 10.5 Å². The number of fused-ring (bicyclic) bond motifs is 1. The molecule has 2 aromatic carbocycles. The van der Waals surface area contributed by atoms with Gasteiger partial charge in [-0.2, -0.15) is 0 Å². The molecular formula is C18H17NO2. The van der Waals surface area contributed by atoms with Gasteiger partial charge in [0.25, 0.3) is 6.47 Å². The molecule has 0 fully saturated rings. The van der Waals surface area contributed by atoms with Gasteiger partial charge in [0.15, 0.2) is 0 Å². The van der Waals surface area contributed by atoms with Gasteiger partial charge in [0.05, 0.1) is 0 Å². The zero-order valence-electron chi connectivity index (χ0n) is 11.7. The van der Waals surface area contributed by atoms with E-state index in [1.165, 1.54) is 5.56 Å². The molecule has 1 aliphatic carbocycles. The van der Waals surface area contributed by atoms with Gasteiger partial charge in [-0.25, -0.2) is 0 Å². The summed E-state index contributed by atoms with van der Waals surface area (Å²) in [6.45, 7) is 0.953. The lowest BCUT2D eigenvalue weighted by Crippen LogP contribution is -2.15. The van der Waals surface area contributed by atoms with Crippen LogP contribution in [0.2, 0.25) is 0 Å². The molecule has 0 saturated carbocycles. The number of hydrogen-bond acceptors (Lipinski definition) is 3. The fourth-order valence-corrected chi connectivity index (χ4v) is 2.94.